The number of hydrogen-bond donors (Lipinski definition) is 5. The molecule has 0 heterocycles. The minimum absolute atomic E-state index is 0.428. The molecule has 6 heteroatoms. The van der Waals surface area contributed by atoms with E-state index in [1.54, 1.807) is 0 Å². The maximum atomic E-state index is 10.6. The van der Waals surface area contributed by atoms with Gasteiger partial charge >= 0.3 is 0 Å². The average Bonchev–Trinajstić information content (AvgIpc) is 2.11. The van der Waals surface area contributed by atoms with Crippen LogP contribution in [0, 0.1) is 0 Å². The lowest BCUT2D eigenvalue weighted by molar-refractivity contribution is -0.122. The van der Waals surface area contributed by atoms with Crippen LogP contribution >= 0.6 is 0 Å². The molecule has 0 saturated heterocycles. The van der Waals surface area contributed by atoms with Gasteiger partial charge in [0.05, 0.1) is 19.3 Å². The fourth-order valence-corrected chi connectivity index (χ4v) is 0.876. The summed E-state index contributed by atoms with van der Waals surface area (Å²) in [6.07, 6.45) is -2.75. The van der Waals surface area contributed by atoms with Crippen LogP contribution in [-0.2, 0) is 4.79 Å². The fraction of sp³-hybridized carbons (Fsp3) is 0.857. The van der Waals surface area contributed by atoms with Crippen LogP contribution in [-0.4, -0.2) is 57.8 Å². The van der Waals surface area contributed by atoms with Crippen LogP contribution in [0.5, 0.6) is 0 Å². The fourth-order valence-electron chi connectivity index (χ4n) is 0.876. The molecule has 0 spiro atoms. The summed E-state index contributed by atoms with van der Waals surface area (Å²) >= 11 is 0. The predicted octanol–water partition coefficient (Wildman–Crippen LogP) is -2.80. The highest BCUT2D eigenvalue weighted by molar-refractivity contribution is 5.73. The first-order chi connectivity index (χ1) is 6.02. The van der Waals surface area contributed by atoms with Gasteiger partial charge in [-0.15, -0.1) is 0 Å². The summed E-state index contributed by atoms with van der Waals surface area (Å²) in [5, 5.41) is 37.7. The lowest BCUT2D eigenvalue weighted by Gasteiger charge is -2.24. The third-order valence-electron chi connectivity index (χ3n) is 1.58. The molecule has 0 rings (SSSR count). The first-order valence-corrected chi connectivity index (χ1v) is 3.87. The van der Waals surface area contributed by atoms with Gasteiger partial charge in [-0.3, -0.25) is 4.79 Å². The summed E-state index contributed by atoms with van der Waals surface area (Å²) in [6, 6.07) is -0.959. The smallest absolute Gasteiger partial charge is 0.217 e. The maximum absolute atomic E-state index is 10.6. The molecule has 13 heavy (non-hydrogen) atoms. The van der Waals surface area contributed by atoms with E-state index in [1.165, 1.54) is 6.92 Å². The molecule has 0 aromatic rings. The third-order valence-corrected chi connectivity index (χ3v) is 1.58. The molecule has 3 atom stereocenters. The van der Waals surface area contributed by atoms with Crippen molar-refractivity contribution in [1.82, 2.24) is 5.32 Å². The van der Waals surface area contributed by atoms with E-state index < -0.39 is 37.4 Å². The summed E-state index contributed by atoms with van der Waals surface area (Å²) < 4.78 is 0. The zero-order valence-corrected chi connectivity index (χ0v) is 7.34. The maximum Gasteiger partial charge on any atom is 0.217 e. The van der Waals surface area contributed by atoms with Crippen molar-refractivity contribution in [1.29, 1.82) is 0 Å². The molecule has 0 aliphatic carbocycles. The summed E-state index contributed by atoms with van der Waals surface area (Å²) in [5.74, 6) is -0.428. The molecule has 0 bridgehead atoms. The van der Waals surface area contributed by atoms with E-state index in [9.17, 15) is 9.90 Å². The van der Waals surface area contributed by atoms with Crippen LogP contribution in [0.15, 0.2) is 0 Å². The van der Waals surface area contributed by atoms with Gasteiger partial charge in [-0.1, -0.05) is 0 Å². The van der Waals surface area contributed by atoms with E-state index in [0.29, 0.717) is 0 Å². The molecule has 0 radical (unpaired) electrons. The van der Waals surface area contributed by atoms with Crippen LogP contribution in [0.2, 0.25) is 0 Å². The van der Waals surface area contributed by atoms with Gasteiger partial charge < -0.3 is 25.7 Å². The van der Waals surface area contributed by atoms with Crippen LogP contribution in [0.25, 0.3) is 0 Å². The Morgan fingerprint density at radius 3 is 2.15 bits per heavy atom. The Balaban J connectivity index is 4.13. The summed E-state index contributed by atoms with van der Waals surface area (Å²) in [4.78, 5) is 10.6. The molecule has 0 aliphatic heterocycles. The first kappa shape index (κ1) is 12.3. The van der Waals surface area contributed by atoms with Crippen molar-refractivity contribution in [2.75, 3.05) is 13.2 Å². The molecule has 0 aromatic heterocycles. The molecule has 0 fully saturated rings. The number of amides is 1. The SMILES string of the molecule is CC(=O)N[C@@H](CO)[C@@H](O)[C@H](O)CO. The number of hydrogen-bond acceptors (Lipinski definition) is 5. The second-order valence-electron chi connectivity index (χ2n) is 2.73. The third kappa shape index (κ3) is 4.18. The van der Waals surface area contributed by atoms with Crippen molar-refractivity contribution >= 4 is 5.91 Å². The Morgan fingerprint density at radius 1 is 1.31 bits per heavy atom. The van der Waals surface area contributed by atoms with Gasteiger partial charge in [-0.05, 0) is 0 Å². The summed E-state index contributed by atoms with van der Waals surface area (Å²) in [7, 11) is 0. The molecular weight excluding hydrogens is 178 g/mol. The molecule has 0 saturated carbocycles. The topological polar surface area (TPSA) is 110 Å². The molecule has 6 nitrogen and oxygen atoms in total. The van der Waals surface area contributed by atoms with Gasteiger partial charge in [0.15, 0.2) is 0 Å². The number of carbonyl (C=O) groups excluding carboxylic acids is 1. The molecular formula is C7H15NO5. The van der Waals surface area contributed by atoms with E-state index in [4.69, 9.17) is 15.3 Å². The van der Waals surface area contributed by atoms with Crippen molar-refractivity contribution in [3.05, 3.63) is 0 Å². The highest BCUT2D eigenvalue weighted by atomic mass is 16.4. The number of rotatable bonds is 5. The average molecular weight is 193 g/mol. The standard InChI is InChI=1S/C7H15NO5/c1-4(11)8-5(2-9)7(13)6(12)3-10/h5-7,9-10,12-13H,2-3H2,1H3,(H,8,11)/t5-,6+,7+/m0/s1. The Bertz CT molecular complexity index is 163. The Morgan fingerprint density at radius 2 is 1.85 bits per heavy atom. The van der Waals surface area contributed by atoms with Crippen molar-refractivity contribution < 1.29 is 25.2 Å². The molecule has 0 unspecified atom stereocenters. The van der Waals surface area contributed by atoms with E-state index >= 15 is 0 Å². The summed E-state index contributed by atoms with van der Waals surface area (Å²) in [5.41, 5.74) is 0. The van der Waals surface area contributed by atoms with Crippen LogP contribution in [0.4, 0.5) is 0 Å². The van der Waals surface area contributed by atoms with Crippen LogP contribution < -0.4 is 5.32 Å². The lowest BCUT2D eigenvalue weighted by Crippen LogP contribution is -2.51. The number of aliphatic hydroxyl groups is 4. The molecule has 5 N–H and O–H groups in total. The lowest BCUT2D eigenvalue weighted by atomic mass is 10.1. The van der Waals surface area contributed by atoms with Crippen LogP contribution in [0.1, 0.15) is 6.92 Å². The molecule has 1 amide bonds. The Hall–Kier alpha value is -0.690. The van der Waals surface area contributed by atoms with Crippen molar-refractivity contribution in [3.63, 3.8) is 0 Å². The zero-order valence-electron chi connectivity index (χ0n) is 7.34. The minimum atomic E-state index is -1.38. The Labute approximate surface area is 75.8 Å². The van der Waals surface area contributed by atoms with Crippen LogP contribution in [0.3, 0.4) is 0 Å². The van der Waals surface area contributed by atoms with E-state index in [-0.39, 0.29) is 0 Å². The second-order valence-corrected chi connectivity index (χ2v) is 2.73. The predicted molar refractivity (Wildman–Crippen MR) is 43.8 cm³/mol. The van der Waals surface area contributed by atoms with E-state index in [0.717, 1.165) is 0 Å². The van der Waals surface area contributed by atoms with Gasteiger partial charge in [0.1, 0.15) is 12.2 Å². The van der Waals surface area contributed by atoms with Gasteiger partial charge in [0.25, 0.3) is 0 Å². The number of carbonyl (C=O) groups is 1. The highest BCUT2D eigenvalue weighted by Gasteiger charge is 2.25. The van der Waals surface area contributed by atoms with Gasteiger partial charge in [0, 0.05) is 6.92 Å². The monoisotopic (exact) mass is 193 g/mol. The van der Waals surface area contributed by atoms with Crippen molar-refractivity contribution in [2.24, 2.45) is 0 Å². The van der Waals surface area contributed by atoms with Gasteiger partial charge in [0.2, 0.25) is 5.91 Å². The van der Waals surface area contributed by atoms with Crippen molar-refractivity contribution in [3.8, 4) is 0 Å². The molecule has 0 aliphatic rings. The largest absolute Gasteiger partial charge is 0.394 e. The van der Waals surface area contributed by atoms with Gasteiger partial charge in [-0.25, -0.2) is 0 Å². The van der Waals surface area contributed by atoms with E-state index in [2.05, 4.69) is 5.32 Å². The van der Waals surface area contributed by atoms with Gasteiger partial charge in [-0.2, -0.15) is 0 Å². The quantitative estimate of drug-likeness (QED) is 0.324. The first-order valence-electron chi connectivity index (χ1n) is 3.87. The van der Waals surface area contributed by atoms with E-state index in [1.807, 2.05) is 0 Å². The number of nitrogens with one attached hydrogen (secondary N) is 1. The second kappa shape index (κ2) is 5.87. The number of aliphatic hydroxyl groups excluding tert-OH is 4. The molecule has 78 valence electrons. The van der Waals surface area contributed by atoms with Crippen molar-refractivity contribution in [2.45, 2.75) is 25.2 Å². The Kier molecular flexibility index (Phi) is 5.56. The zero-order chi connectivity index (χ0) is 10.4. The molecule has 0 aromatic carbocycles. The minimum Gasteiger partial charge on any atom is -0.394 e. The summed E-state index contributed by atoms with van der Waals surface area (Å²) in [6.45, 7) is 0.0930. The highest BCUT2D eigenvalue weighted by Crippen LogP contribution is 1.99. The normalized spacial score (nSPS) is 17.6.